The highest BCUT2D eigenvalue weighted by atomic mass is 19.4. The van der Waals surface area contributed by atoms with E-state index in [1.807, 2.05) is 18.2 Å². The molecule has 0 spiro atoms. The van der Waals surface area contributed by atoms with E-state index in [1.54, 1.807) is 0 Å². The molecule has 4 rings (SSSR count). The molecule has 0 unspecified atom stereocenters. The third kappa shape index (κ3) is 3.14. The molecule has 2 aliphatic rings. The van der Waals surface area contributed by atoms with E-state index in [1.165, 1.54) is 17.7 Å². The van der Waals surface area contributed by atoms with E-state index in [4.69, 9.17) is 9.47 Å². The highest BCUT2D eigenvalue weighted by Gasteiger charge is 2.44. The van der Waals surface area contributed by atoms with Crippen molar-refractivity contribution in [1.82, 2.24) is 5.32 Å². The number of nitrogens with one attached hydrogen (secondary N) is 1. The molecular formula is C20H20F3NO2. The lowest BCUT2D eigenvalue weighted by molar-refractivity contribution is -0.137. The second kappa shape index (κ2) is 6.20. The molecule has 2 aromatic carbocycles. The van der Waals surface area contributed by atoms with Crippen LogP contribution >= 0.6 is 0 Å². The first-order valence-corrected chi connectivity index (χ1v) is 8.66. The molecule has 0 amide bonds. The molecule has 1 fully saturated rings. The molecule has 2 heterocycles. The van der Waals surface area contributed by atoms with Gasteiger partial charge in [0.2, 0.25) is 0 Å². The normalized spacial score (nSPS) is 24.5. The van der Waals surface area contributed by atoms with Crippen molar-refractivity contribution in [3.05, 3.63) is 59.2 Å². The Morgan fingerprint density at radius 2 is 1.96 bits per heavy atom. The summed E-state index contributed by atoms with van der Waals surface area (Å²) >= 11 is 0. The molecule has 0 aliphatic carbocycles. The summed E-state index contributed by atoms with van der Waals surface area (Å²) in [7, 11) is 0. The minimum absolute atomic E-state index is 0.0183. The van der Waals surface area contributed by atoms with Gasteiger partial charge in [-0.3, -0.25) is 0 Å². The van der Waals surface area contributed by atoms with E-state index >= 15 is 0 Å². The maximum absolute atomic E-state index is 12.6. The van der Waals surface area contributed by atoms with Gasteiger partial charge in [0.1, 0.15) is 24.7 Å². The molecule has 0 bridgehead atoms. The number of hydrogen-bond donors (Lipinski definition) is 1. The van der Waals surface area contributed by atoms with Crippen LogP contribution in [0.2, 0.25) is 0 Å². The lowest BCUT2D eigenvalue weighted by Gasteiger charge is -2.37. The van der Waals surface area contributed by atoms with Gasteiger partial charge in [0, 0.05) is 12.0 Å². The molecule has 1 saturated heterocycles. The second-order valence-corrected chi connectivity index (χ2v) is 7.16. The van der Waals surface area contributed by atoms with E-state index < -0.39 is 11.7 Å². The lowest BCUT2D eigenvalue weighted by Crippen LogP contribution is -2.48. The zero-order chi connectivity index (χ0) is 18.4. The first kappa shape index (κ1) is 17.2. The maximum atomic E-state index is 12.6. The van der Waals surface area contributed by atoms with Crippen LogP contribution in [0.1, 0.15) is 36.0 Å². The average Bonchev–Trinajstić information content (AvgIpc) is 3.01. The van der Waals surface area contributed by atoms with Gasteiger partial charge in [-0.15, -0.1) is 0 Å². The van der Waals surface area contributed by atoms with Crippen LogP contribution in [0.4, 0.5) is 13.2 Å². The minimum Gasteiger partial charge on any atom is -0.491 e. The summed E-state index contributed by atoms with van der Waals surface area (Å²) in [5, 5.41) is 3.52. The van der Waals surface area contributed by atoms with Crippen molar-refractivity contribution in [2.75, 3.05) is 13.2 Å². The van der Waals surface area contributed by atoms with Gasteiger partial charge in [0.25, 0.3) is 0 Å². The second-order valence-electron chi connectivity index (χ2n) is 7.16. The first-order valence-electron chi connectivity index (χ1n) is 8.66. The number of alkyl halides is 3. The lowest BCUT2D eigenvalue weighted by atomic mass is 9.80. The Morgan fingerprint density at radius 1 is 1.19 bits per heavy atom. The predicted octanol–water partition coefficient (Wildman–Crippen LogP) is 4.51. The van der Waals surface area contributed by atoms with Crippen molar-refractivity contribution >= 4 is 0 Å². The van der Waals surface area contributed by atoms with Crippen LogP contribution in [-0.4, -0.2) is 18.7 Å². The zero-order valence-electron chi connectivity index (χ0n) is 14.4. The van der Waals surface area contributed by atoms with Crippen LogP contribution in [0.3, 0.4) is 0 Å². The molecule has 0 aromatic heterocycles. The molecule has 0 radical (unpaired) electrons. The number of fused-ring (bicyclic) bond motifs is 3. The molecule has 6 heteroatoms. The third-order valence-electron chi connectivity index (χ3n) is 5.31. The van der Waals surface area contributed by atoms with E-state index in [0.29, 0.717) is 23.8 Å². The summed E-state index contributed by atoms with van der Waals surface area (Å²) in [6.45, 7) is 3.99. The summed E-state index contributed by atoms with van der Waals surface area (Å²) in [6.07, 6.45) is -3.24. The van der Waals surface area contributed by atoms with Gasteiger partial charge in [-0.1, -0.05) is 18.2 Å². The van der Waals surface area contributed by atoms with E-state index in [0.717, 1.165) is 30.8 Å². The smallest absolute Gasteiger partial charge is 0.416 e. The fourth-order valence-corrected chi connectivity index (χ4v) is 3.80. The van der Waals surface area contributed by atoms with Crippen molar-refractivity contribution in [1.29, 1.82) is 0 Å². The van der Waals surface area contributed by atoms with Crippen molar-refractivity contribution in [2.45, 2.75) is 37.6 Å². The van der Waals surface area contributed by atoms with Crippen LogP contribution in [-0.2, 0) is 12.8 Å². The number of benzene rings is 2. The maximum Gasteiger partial charge on any atom is 0.416 e. The summed E-state index contributed by atoms with van der Waals surface area (Å²) in [5.74, 6) is 1.91. The van der Waals surface area contributed by atoms with Crippen LogP contribution in [0.15, 0.2) is 42.5 Å². The van der Waals surface area contributed by atoms with Gasteiger partial charge in [-0.05, 0) is 49.2 Å². The minimum atomic E-state index is -4.32. The van der Waals surface area contributed by atoms with E-state index in [2.05, 4.69) is 12.2 Å². The number of hydrogen-bond acceptors (Lipinski definition) is 3. The van der Waals surface area contributed by atoms with Crippen molar-refractivity contribution in [3.8, 4) is 11.5 Å². The Hall–Kier alpha value is -2.21. The highest BCUT2D eigenvalue weighted by Crippen LogP contribution is 2.45. The number of ether oxygens (including phenoxy) is 2. The van der Waals surface area contributed by atoms with Gasteiger partial charge in [-0.25, -0.2) is 0 Å². The van der Waals surface area contributed by atoms with Crippen LogP contribution in [0.25, 0.3) is 0 Å². The molecule has 138 valence electrons. The van der Waals surface area contributed by atoms with Gasteiger partial charge in [0.05, 0.1) is 11.1 Å². The number of rotatable bonds is 3. The van der Waals surface area contributed by atoms with Crippen molar-refractivity contribution in [2.24, 2.45) is 0 Å². The number of halogens is 3. The topological polar surface area (TPSA) is 30.5 Å². The third-order valence-corrected chi connectivity index (χ3v) is 5.31. The summed E-state index contributed by atoms with van der Waals surface area (Å²) in [5.41, 5.74) is 1.20. The Labute approximate surface area is 150 Å². The molecule has 3 nitrogen and oxygen atoms in total. The van der Waals surface area contributed by atoms with E-state index in [-0.39, 0.29) is 12.1 Å². The standard InChI is InChI=1S/C20H20F3NO2/c1-19-12-26-18-10-15(6-7-16(18)17(19)8-9-24-19)25-11-13-2-4-14(5-3-13)20(21,22)23/h2-7,10,17,24H,8-9,11-12H2,1H3/t17-,19+/m0/s1. The van der Waals surface area contributed by atoms with Crippen LogP contribution in [0, 0.1) is 0 Å². The van der Waals surface area contributed by atoms with Gasteiger partial charge >= 0.3 is 6.18 Å². The zero-order valence-corrected chi connectivity index (χ0v) is 14.4. The summed E-state index contributed by atoms with van der Waals surface area (Å²) < 4.78 is 49.5. The van der Waals surface area contributed by atoms with Crippen molar-refractivity contribution < 1.29 is 22.6 Å². The Balaban J connectivity index is 1.45. The molecule has 26 heavy (non-hydrogen) atoms. The highest BCUT2D eigenvalue weighted by molar-refractivity contribution is 5.46. The largest absolute Gasteiger partial charge is 0.491 e. The molecule has 1 N–H and O–H groups in total. The summed E-state index contributed by atoms with van der Waals surface area (Å²) in [6, 6.07) is 10.8. The molecular weight excluding hydrogens is 343 g/mol. The van der Waals surface area contributed by atoms with E-state index in [9.17, 15) is 13.2 Å². The Morgan fingerprint density at radius 3 is 2.69 bits per heavy atom. The van der Waals surface area contributed by atoms with Gasteiger partial charge in [-0.2, -0.15) is 13.2 Å². The Kier molecular flexibility index (Phi) is 4.10. The Bertz CT molecular complexity index is 804. The first-order chi connectivity index (χ1) is 12.4. The SMILES string of the molecule is C[C@@]12COc3cc(OCc4ccc(C(F)(F)F)cc4)ccc3[C@@H]1CCN2. The average molecular weight is 363 g/mol. The molecule has 2 aliphatic heterocycles. The molecule has 2 aromatic rings. The molecule has 2 atom stereocenters. The summed E-state index contributed by atoms with van der Waals surface area (Å²) in [4.78, 5) is 0. The van der Waals surface area contributed by atoms with Gasteiger partial charge < -0.3 is 14.8 Å². The van der Waals surface area contributed by atoms with Crippen LogP contribution < -0.4 is 14.8 Å². The quantitative estimate of drug-likeness (QED) is 0.870. The van der Waals surface area contributed by atoms with Crippen molar-refractivity contribution in [3.63, 3.8) is 0 Å². The monoisotopic (exact) mass is 363 g/mol. The van der Waals surface area contributed by atoms with Gasteiger partial charge in [0.15, 0.2) is 0 Å². The predicted molar refractivity (Wildman–Crippen MR) is 91.5 cm³/mol. The molecule has 0 saturated carbocycles. The fraction of sp³-hybridized carbons (Fsp3) is 0.400. The fourth-order valence-electron chi connectivity index (χ4n) is 3.80. The van der Waals surface area contributed by atoms with Crippen LogP contribution in [0.5, 0.6) is 11.5 Å².